The zero-order chi connectivity index (χ0) is 25.8. The number of carbonyl (C=O) groups is 1. The van der Waals surface area contributed by atoms with Crippen molar-refractivity contribution >= 4 is 5.97 Å². The largest absolute Gasteiger partial charge is 0.466 e. The van der Waals surface area contributed by atoms with Crippen LogP contribution in [0, 0.1) is 23.2 Å². The van der Waals surface area contributed by atoms with E-state index in [2.05, 4.69) is 32.6 Å². The van der Waals surface area contributed by atoms with Gasteiger partial charge in [0.15, 0.2) is 0 Å². The van der Waals surface area contributed by atoms with E-state index in [1.54, 1.807) is 13.8 Å². The molecule has 0 aromatic rings. The van der Waals surface area contributed by atoms with Crippen LogP contribution in [0.1, 0.15) is 98.3 Å². The summed E-state index contributed by atoms with van der Waals surface area (Å²) in [7, 11) is 0. The number of fused-ring (bicyclic) bond motifs is 1. The van der Waals surface area contributed by atoms with Crippen molar-refractivity contribution in [3.63, 3.8) is 0 Å². The van der Waals surface area contributed by atoms with E-state index in [0.29, 0.717) is 43.6 Å². The lowest BCUT2D eigenvalue weighted by Crippen LogP contribution is -2.36. The molecule has 3 saturated carbocycles. The third kappa shape index (κ3) is 6.87. The zero-order valence-electron chi connectivity index (χ0n) is 22.4. The van der Waals surface area contributed by atoms with E-state index >= 15 is 0 Å². The summed E-state index contributed by atoms with van der Waals surface area (Å²) < 4.78 is 5.01. The number of allylic oxidation sites excluding steroid dienone is 3. The lowest BCUT2D eigenvalue weighted by Gasteiger charge is -2.44. The zero-order valence-corrected chi connectivity index (χ0v) is 22.4. The first-order valence-corrected chi connectivity index (χ1v) is 13.8. The number of hydrogen-bond acceptors (Lipinski definition) is 5. The molecule has 3 rings (SSSR count). The first-order valence-electron chi connectivity index (χ1n) is 13.8. The molecular formula is C30H48O5. The predicted molar refractivity (Wildman–Crippen MR) is 140 cm³/mol. The molecule has 0 aromatic heterocycles. The fourth-order valence-corrected chi connectivity index (χ4v) is 7.30. The molecule has 0 saturated heterocycles. The van der Waals surface area contributed by atoms with Crippen LogP contribution in [0.25, 0.3) is 0 Å². The molecule has 0 bridgehead atoms. The molecule has 0 heterocycles. The smallest absolute Gasteiger partial charge is 0.308 e. The maximum atomic E-state index is 11.8. The van der Waals surface area contributed by atoms with Crippen molar-refractivity contribution in [2.24, 2.45) is 23.2 Å². The second-order valence-electron chi connectivity index (χ2n) is 12.0. The average molecular weight is 489 g/mol. The summed E-state index contributed by atoms with van der Waals surface area (Å²) in [6, 6.07) is 0. The highest BCUT2D eigenvalue weighted by molar-refractivity contribution is 5.70. The lowest BCUT2D eigenvalue weighted by molar-refractivity contribution is -0.148. The minimum Gasteiger partial charge on any atom is -0.466 e. The summed E-state index contributed by atoms with van der Waals surface area (Å²) >= 11 is 0. The van der Waals surface area contributed by atoms with Crippen molar-refractivity contribution in [2.45, 2.75) is 116 Å². The third-order valence-electron chi connectivity index (χ3n) is 9.19. The first kappa shape index (κ1) is 28.1. The summed E-state index contributed by atoms with van der Waals surface area (Å²) in [6.45, 7) is 12.8. The van der Waals surface area contributed by atoms with Crippen LogP contribution in [0.2, 0.25) is 0 Å². The monoisotopic (exact) mass is 488 g/mol. The molecule has 3 aliphatic carbocycles. The number of hydrogen-bond donors (Lipinski definition) is 3. The van der Waals surface area contributed by atoms with Crippen LogP contribution in [0.5, 0.6) is 0 Å². The molecule has 1 unspecified atom stereocenters. The van der Waals surface area contributed by atoms with Crippen molar-refractivity contribution in [1.29, 1.82) is 0 Å². The Balaban J connectivity index is 1.61. The fourth-order valence-electron chi connectivity index (χ4n) is 7.30. The van der Waals surface area contributed by atoms with Crippen molar-refractivity contribution in [2.75, 3.05) is 6.61 Å². The second-order valence-corrected chi connectivity index (χ2v) is 12.0. The number of aliphatic hydroxyl groups excluding tert-OH is 2. The SMILES string of the molecule is C=C1/C(=C\C=C2CCC[C@@]3(C)C2CC[C@@H]3[C@H](C)CCC[C@@](C)(O)CC(=O)OCC)C[C@@H](O)C[C@H]1O. The number of carbonyl (C=O) groups excluding carboxylic acids is 1. The molecule has 35 heavy (non-hydrogen) atoms. The van der Waals surface area contributed by atoms with Crippen molar-refractivity contribution < 1.29 is 24.9 Å². The van der Waals surface area contributed by atoms with Gasteiger partial charge in [0.05, 0.1) is 30.8 Å². The Kier molecular flexibility index (Phi) is 9.45. The van der Waals surface area contributed by atoms with E-state index in [1.165, 1.54) is 31.3 Å². The Morgan fingerprint density at radius 1 is 1.31 bits per heavy atom. The predicted octanol–water partition coefficient (Wildman–Crippen LogP) is 5.64. The molecule has 7 atom stereocenters. The van der Waals surface area contributed by atoms with Gasteiger partial charge in [-0.3, -0.25) is 4.79 Å². The number of esters is 1. The quantitative estimate of drug-likeness (QED) is 0.366. The van der Waals surface area contributed by atoms with Gasteiger partial charge in [0.1, 0.15) is 0 Å². The van der Waals surface area contributed by atoms with Crippen molar-refractivity contribution in [3.8, 4) is 0 Å². The van der Waals surface area contributed by atoms with Crippen LogP contribution in [-0.2, 0) is 9.53 Å². The molecule has 0 radical (unpaired) electrons. The van der Waals surface area contributed by atoms with Crippen LogP contribution in [0.15, 0.2) is 35.5 Å². The lowest BCUT2D eigenvalue weighted by atomic mass is 9.60. The van der Waals surface area contributed by atoms with Crippen LogP contribution in [0.3, 0.4) is 0 Å². The van der Waals surface area contributed by atoms with E-state index in [0.717, 1.165) is 30.4 Å². The van der Waals surface area contributed by atoms with Gasteiger partial charge in [0.25, 0.3) is 0 Å². The Morgan fingerprint density at radius 3 is 2.77 bits per heavy atom. The van der Waals surface area contributed by atoms with Gasteiger partial charge in [-0.1, -0.05) is 51.0 Å². The molecule has 0 aromatic carbocycles. The highest BCUT2D eigenvalue weighted by Crippen LogP contribution is 2.60. The van der Waals surface area contributed by atoms with Crippen molar-refractivity contribution in [1.82, 2.24) is 0 Å². The average Bonchev–Trinajstić information content (AvgIpc) is 3.12. The van der Waals surface area contributed by atoms with Gasteiger partial charge in [-0.05, 0) is 93.1 Å². The molecule has 0 aliphatic heterocycles. The summed E-state index contributed by atoms with van der Waals surface area (Å²) in [6.07, 6.45) is 12.9. The molecule has 3 N–H and O–H groups in total. The van der Waals surface area contributed by atoms with Gasteiger partial charge in [0, 0.05) is 6.42 Å². The highest BCUT2D eigenvalue weighted by atomic mass is 16.5. The Labute approximate surface area is 212 Å². The summed E-state index contributed by atoms with van der Waals surface area (Å²) in [5.74, 6) is 1.49. The van der Waals surface area contributed by atoms with Crippen LogP contribution >= 0.6 is 0 Å². The van der Waals surface area contributed by atoms with E-state index < -0.39 is 17.8 Å². The van der Waals surface area contributed by atoms with Crippen LogP contribution in [-0.4, -0.2) is 45.7 Å². The minimum absolute atomic E-state index is 0.0581. The molecular weight excluding hydrogens is 440 g/mol. The highest BCUT2D eigenvalue weighted by Gasteiger charge is 2.50. The van der Waals surface area contributed by atoms with Crippen LogP contribution < -0.4 is 0 Å². The molecule has 5 heteroatoms. The van der Waals surface area contributed by atoms with Gasteiger partial charge in [-0.25, -0.2) is 0 Å². The standard InChI is InChI=1S/C30H48O5/c1-6-35-28(33)19-29(4,34)15-7-9-20(2)25-13-14-26-22(10-8-16-30(25,26)5)11-12-23-17-24(31)18-27(32)21(23)3/h11-12,20,24-27,31-32,34H,3,6-10,13-19H2,1-2,4-5H3/b22-11?,23-12-/t20-,24-,25-,26?,27-,29-,30-/m1/s1. The van der Waals surface area contributed by atoms with Gasteiger partial charge >= 0.3 is 5.97 Å². The third-order valence-corrected chi connectivity index (χ3v) is 9.19. The Bertz CT molecular complexity index is 825. The molecule has 3 fully saturated rings. The second kappa shape index (κ2) is 11.7. The molecule has 5 nitrogen and oxygen atoms in total. The molecule has 198 valence electrons. The van der Waals surface area contributed by atoms with Crippen molar-refractivity contribution in [3.05, 3.63) is 35.5 Å². The van der Waals surface area contributed by atoms with Crippen LogP contribution in [0.4, 0.5) is 0 Å². The molecule has 0 spiro atoms. The molecule has 3 aliphatic rings. The first-order chi connectivity index (χ1) is 16.5. The number of ether oxygens (including phenoxy) is 1. The van der Waals surface area contributed by atoms with Gasteiger partial charge < -0.3 is 20.1 Å². The molecule has 0 amide bonds. The number of rotatable bonds is 9. The fraction of sp³-hybridized carbons (Fsp3) is 0.767. The van der Waals surface area contributed by atoms with Gasteiger partial charge in [-0.2, -0.15) is 0 Å². The summed E-state index contributed by atoms with van der Waals surface area (Å²) in [4.78, 5) is 11.8. The topological polar surface area (TPSA) is 87.0 Å². The number of aliphatic hydroxyl groups is 3. The maximum Gasteiger partial charge on any atom is 0.308 e. The Morgan fingerprint density at radius 2 is 2.06 bits per heavy atom. The van der Waals surface area contributed by atoms with Gasteiger partial charge in [0.2, 0.25) is 0 Å². The maximum absolute atomic E-state index is 11.8. The van der Waals surface area contributed by atoms with E-state index in [-0.39, 0.29) is 17.8 Å². The normalized spacial score (nSPS) is 36.1. The van der Waals surface area contributed by atoms with Gasteiger partial charge in [-0.15, -0.1) is 0 Å². The summed E-state index contributed by atoms with van der Waals surface area (Å²) in [5.41, 5.74) is 2.53. The minimum atomic E-state index is -1.01. The van der Waals surface area contributed by atoms with E-state index in [4.69, 9.17) is 4.74 Å². The van der Waals surface area contributed by atoms with E-state index in [9.17, 15) is 20.1 Å². The Hall–Kier alpha value is -1.43. The summed E-state index contributed by atoms with van der Waals surface area (Å²) in [5, 5.41) is 30.9. The van der Waals surface area contributed by atoms with E-state index in [1.807, 2.05) is 0 Å².